The molecule has 0 aliphatic rings. The zero-order chi connectivity index (χ0) is 22.5. The van der Waals surface area contributed by atoms with E-state index in [9.17, 15) is 4.79 Å². The Labute approximate surface area is 184 Å². The highest BCUT2D eigenvalue weighted by Crippen LogP contribution is 2.26. The minimum Gasteiger partial charge on any atom is -0.492 e. The van der Waals surface area contributed by atoms with E-state index in [0.717, 1.165) is 22.3 Å². The second kappa shape index (κ2) is 9.31. The molecule has 2 aromatic heterocycles. The molecule has 0 spiro atoms. The number of anilines is 3. The number of rotatable bonds is 9. The average molecular weight is 432 g/mol. The van der Waals surface area contributed by atoms with Crippen LogP contribution in [0.2, 0.25) is 0 Å². The third-order valence-electron chi connectivity index (χ3n) is 4.70. The highest BCUT2D eigenvalue weighted by molar-refractivity contribution is 6.00. The standard InChI is InChI=1S/C22H24N8O2/c1-30-12-17-18(8-5-9-19(17)29-30)27-21-16(20(24)31)11-26-22(28-21)25-10-14(23)13-32-15-6-3-2-4-7-15/h2-9,11-12,14H,10,13,23H2,1H3,(H2,24,31)(H2,25,26,27,28)/t14-/m1/s1. The molecule has 0 saturated carbocycles. The summed E-state index contributed by atoms with van der Waals surface area (Å²) in [4.78, 5) is 20.5. The highest BCUT2D eigenvalue weighted by Gasteiger charge is 2.15. The Morgan fingerprint density at radius 3 is 2.78 bits per heavy atom. The summed E-state index contributed by atoms with van der Waals surface area (Å²) in [5, 5.41) is 11.5. The lowest BCUT2D eigenvalue weighted by molar-refractivity contribution is 0.100. The first-order chi connectivity index (χ1) is 15.5. The second-order valence-electron chi connectivity index (χ2n) is 7.25. The molecule has 1 atom stereocenters. The van der Waals surface area contributed by atoms with Crippen molar-refractivity contribution in [3.8, 4) is 5.75 Å². The molecule has 0 fully saturated rings. The maximum Gasteiger partial charge on any atom is 0.254 e. The molecule has 0 saturated heterocycles. The van der Waals surface area contributed by atoms with Crippen LogP contribution in [-0.2, 0) is 7.05 Å². The Bertz CT molecular complexity index is 1230. The van der Waals surface area contributed by atoms with Crippen molar-refractivity contribution < 1.29 is 9.53 Å². The number of nitrogens with one attached hydrogen (secondary N) is 2. The summed E-state index contributed by atoms with van der Waals surface area (Å²) in [6, 6.07) is 14.8. The predicted molar refractivity (Wildman–Crippen MR) is 123 cm³/mol. The molecule has 0 unspecified atom stereocenters. The maximum atomic E-state index is 11.9. The molecule has 32 heavy (non-hydrogen) atoms. The fourth-order valence-corrected chi connectivity index (χ4v) is 3.14. The zero-order valence-electron chi connectivity index (χ0n) is 17.5. The van der Waals surface area contributed by atoms with Crippen molar-refractivity contribution >= 4 is 34.3 Å². The summed E-state index contributed by atoms with van der Waals surface area (Å²) < 4.78 is 7.38. The quantitative estimate of drug-likeness (QED) is 0.314. The van der Waals surface area contributed by atoms with Gasteiger partial charge < -0.3 is 26.8 Å². The van der Waals surface area contributed by atoms with Crippen LogP contribution < -0.4 is 26.8 Å². The normalized spacial score (nSPS) is 11.8. The van der Waals surface area contributed by atoms with Gasteiger partial charge in [0.15, 0.2) is 0 Å². The molecule has 2 aromatic carbocycles. The van der Waals surface area contributed by atoms with Crippen molar-refractivity contribution in [3.63, 3.8) is 0 Å². The van der Waals surface area contributed by atoms with E-state index in [0.29, 0.717) is 24.9 Å². The van der Waals surface area contributed by atoms with Gasteiger partial charge in [0, 0.05) is 31.4 Å². The van der Waals surface area contributed by atoms with Crippen LogP contribution in [0.5, 0.6) is 5.75 Å². The van der Waals surface area contributed by atoms with Gasteiger partial charge >= 0.3 is 0 Å². The number of amides is 1. The van der Waals surface area contributed by atoms with Crippen LogP contribution in [0.15, 0.2) is 60.9 Å². The summed E-state index contributed by atoms with van der Waals surface area (Å²) >= 11 is 0. The number of para-hydroxylation sites is 1. The first-order valence-corrected chi connectivity index (χ1v) is 10.0. The first-order valence-electron chi connectivity index (χ1n) is 10.0. The lowest BCUT2D eigenvalue weighted by Gasteiger charge is -2.15. The number of hydrogen-bond acceptors (Lipinski definition) is 8. The van der Waals surface area contributed by atoms with Gasteiger partial charge in [-0.2, -0.15) is 10.1 Å². The number of nitrogens with zero attached hydrogens (tertiary/aromatic N) is 4. The first kappa shape index (κ1) is 21.1. The molecule has 2 heterocycles. The average Bonchev–Trinajstić information content (AvgIpc) is 3.18. The zero-order valence-corrected chi connectivity index (χ0v) is 17.5. The van der Waals surface area contributed by atoms with E-state index in [-0.39, 0.29) is 11.6 Å². The Balaban J connectivity index is 1.47. The Kier molecular flexibility index (Phi) is 6.13. The number of nitrogens with two attached hydrogens (primary N) is 2. The van der Waals surface area contributed by atoms with Crippen molar-refractivity contribution in [1.29, 1.82) is 0 Å². The van der Waals surface area contributed by atoms with Crippen LogP contribution in [0.4, 0.5) is 17.5 Å². The number of carbonyl (C=O) groups is 1. The van der Waals surface area contributed by atoms with Crippen molar-refractivity contribution in [3.05, 3.63) is 66.5 Å². The monoisotopic (exact) mass is 432 g/mol. The van der Waals surface area contributed by atoms with Crippen molar-refractivity contribution in [2.24, 2.45) is 18.5 Å². The third-order valence-corrected chi connectivity index (χ3v) is 4.70. The van der Waals surface area contributed by atoms with Crippen LogP contribution in [0.1, 0.15) is 10.4 Å². The summed E-state index contributed by atoms with van der Waals surface area (Å²) in [6.45, 7) is 0.699. The van der Waals surface area contributed by atoms with E-state index in [2.05, 4.69) is 25.7 Å². The number of aromatic nitrogens is 4. The van der Waals surface area contributed by atoms with Crippen LogP contribution in [-0.4, -0.2) is 44.8 Å². The van der Waals surface area contributed by atoms with Crippen molar-refractivity contribution in [2.75, 3.05) is 23.8 Å². The molecular weight excluding hydrogens is 408 g/mol. The molecule has 10 heteroatoms. The molecule has 0 bridgehead atoms. The Morgan fingerprint density at radius 2 is 2.00 bits per heavy atom. The minimum absolute atomic E-state index is 0.174. The topological polar surface area (TPSA) is 146 Å². The molecule has 0 radical (unpaired) electrons. The number of ether oxygens (including phenoxy) is 1. The molecule has 0 aliphatic heterocycles. The number of benzene rings is 2. The third kappa shape index (κ3) is 4.93. The molecule has 6 N–H and O–H groups in total. The van der Waals surface area contributed by atoms with Crippen LogP contribution in [0.25, 0.3) is 10.9 Å². The summed E-state index contributed by atoms with van der Waals surface area (Å²) in [5.74, 6) is 0.720. The number of fused-ring (bicyclic) bond motifs is 1. The SMILES string of the molecule is Cn1cc2c(Nc3nc(NC[C@@H](N)COc4ccccc4)ncc3C(N)=O)cccc2n1. The van der Waals surface area contributed by atoms with Gasteiger partial charge in [-0.15, -0.1) is 0 Å². The number of primary amides is 1. The van der Waals surface area contributed by atoms with Gasteiger partial charge in [0.05, 0.1) is 17.2 Å². The van der Waals surface area contributed by atoms with Crippen molar-refractivity contribution in [2.45, 2.75) is 6.04 Å². The number of aryl methyl sites for hydroxylation is 1. The number of hydrogen-bond donors (Lipinski definition) is 4. The summed E-state index contributed by atoms with van der Waals surface area (Å²) in [7, 11) is 1.84. The maximum absolute atomic E-state index is 11.9. The molecule has 1 amide bonds. The molecule has 4 rings (SSSR count). The van der Waals surface area contributed by atoms with Gasteiger partial charge in [0.25, 0.3) is 5.91 Å². The Hall–Kier alpha value is -4.18. The van der Waals surface area contributed by atoms with E-state index >= 15 is 0 Å². The largest absolute Gasteiger partial charge is 0.492 e. The predicted octanol–water partition coefficient (Wildman–Crippen LogP) is 2.02. The highest BCUT2D eigenvalue weighted by atomic mass is 16.5. The summed E-state index contributed by atoms with van der Waals surface area (Å²) in [5.41, 5.74) is 13.4. The van der Waals surface area contributed by atoms with Gasteiger partial charge in [-0.1, -0.05) is 24.3 Å². The smallest absolute Gasteiger partial charge is 0.254 e. The lowest BCUT2D eigenvalue weighted by Crippen LogP contribution is -2.35. The van der Waals surface area contributed by atoms with E-state index < -0.39 is 5.91 Å². The van der Waals surface area contributed by atoms with Crippen molar-refractivity contribution in [1.82, 2.24) is 19.7 Å². The van der Waals surface area contributed by atoms with E-state index in [4.69, 9.17) is 16.2 Å². The Morgan fingerprint density at radius 1 is 1.19 bits per heavy atom. The van der Waals surface area contributed by atoms with E-state index in [1.165, 1.54) is 6.20 Å². The van der Waals surface area contributed by atoms with E-state index in [1.54, 1.807) is 4.68 Å². The fourth-order valence-electron chi connectivity index (χ4n) is 3.14. The van der Waals surface area contributed by atoms with Crippen LogP contribution in [0, 0.1) is 0 Å². The lowest BCUT2D eigenvalue weighted by atomic mass is 10.2. The molecule has 0 aliphatic carbocycles. The van der Waals surface area contributed by atoms with Gasteiger partial charge in [-0.05, 0) is 24.3 Å². The van der Waals surface area contributed by atoms with Gasteiger partial charge in [-0.3, -0.25) is 9.48 Å². The molecular formula is C22H24N8O2. The van der Waals surface area contributed by atoms with Crippen LogP contribution in [0.3, 0.4) is 0 Å². The second-order valence-corrected chi connectivity index (χ2v) is 7.25. The molecule has 164 valence electrons. The number of carbonyl (C=O) groups excluding carboxylic acids is 1. The molecule has 4 aromatic rings. The van der Waals surface area contributed by atoms with E-state index in [1.807, 2.05) is 61.8 Å². The minimum atomic E-state index is -0.634. The molecule has 10 nitrogen and oxygen atoms in total. The van der Waals surface area contributed by atoms with Gasteiger partial charge in [-0.25, -0.2) is 4.98 Å². The van der Waals surface area contributed by atoms with Gasteiger partial charge in [0.2, 0.25) is 5.95 Å². The van der Waals surface area contributed by atoms with Gasteiger partial charge in [0.1, 0.15) is 23.7 Å². The fraction of sp³-hybridized carbons (Fsp3) is 0.182. The summed E-state index contributed by atoms with van der Waals surface area (Å²) in [6.07, 6.45) is 3.27. The van der Waals surface area contributed by atoms with Crippen LogP contribution >= 0.6 is 0 Å².